The third kappa shape index (κ3) is 4.48. The van der Waals surface area contributed by atoms with Crippen LogP contribution in [-0.2, 0) is 16.1 Å². The van der Waals surface area contributed by atoms with Crippen LogP contribution in [0.5, 0.6) is 0 Å². The molecule has 1 aromatic carbocycles. The van der Waals surface area contributed by atoms with E-state index in [0.717, 1.165) is 5.56 Å². The van der Waals surface area contributed by atoms with Crippen molar-refractivity contribution in [3.05, 3.63) is 28.8 Å². The number of piperazine rings is 1. The molecule has 0 spiro atoms. The van der Waals surface area contributed by atoms with Gasteiger partial charge in [-0.1, -0.05) is 11.6 Å². The van der Waals surface area contributed by atoms with Gasteiger partial charge in [-0.05, 0) is 35.6 Å². The topological polar surface area (TPSA) is 78.7 Å². The van der Waals surface area contributed by atoms with Crippen LogP contribution >= 0.6 is 11.6 Å². The van der Waals surface area contributed by atoms with E-state index in [4.69, 9.17) is 17.3 Å². The molecule has 1 aromatic rings. The van der Waals surface area contributed by atoms with Gasteiger partial charge in [0.05, 0.1) is 6.54 Å². The number of carbonyl (C=O) groups excluding carboxylic acids is 2. The number of halogens is 3. The summed E-state index contributed by atoms with van der Waals surface area (Å²) in [5.41, 5.74) is 7.65. The Hall–Kier alpha value is -1.93. The van der Waals surface area contributed by atoms with Gasteiger partial charge < -0.3 is 16.0 Å². The number of amides is 2. The summed E-state index contributed by atoms with van der Waals surface area (Å²) in [5.74, 6) is -3.82. The third-order valence-electron chi connectivity index (χ3n) is 6.34. The Morgan fingerprint density at radius 1 is 1.17 bits per heavy atom. The second kappa shape index (κ2) is 7.72. The summed E-state index contributed by atoms with van der Waals surface area (Å²) in [6, 6.07) is 5.40. The van der Waals surface area contributed by atoms with E-state index < -0.39 is 5.92 Å². The van der Waals surface area contributed by atoms with Crippen LogP contribution in [0.25, 0.3) is 0 Å². The number of alkyl halides is 2. The Bertz CT molecular complexity index is 800. The molecule has 29 heavy (non-hydrogen) atoms. The highest BCUT2D eigenvalue weighted by molar-refractivity contribution is 6.30. The first-order valence-corrected chi connectivity index (χ1v) is 10.3. The molecule has 2 amide bonds. The third-order valence-corrected chi connectivity index (χ3v) is 6.58. The molecule has 0 aromatic heterocycles. The van der Waals surface area contributed by atoms with E-state index in [9.17, 15) is 18.4 Å². The quantitative estimate of drug-likeness (QED) is 0.706. The Morgan fingerprint density at radius 3 is 2.48 bits per heavy atom. The summed E-state index contributed by atoms with van der Waals surface area (Å²) in [6.45, 7) is 3.12. The normalized spacial score (nSPS) is 28.1. The second-order valence-corrected chi connectivity index (χ2v) is 8.77. The lowest BCUT2D eigenvalue weighted by Gasteiger charge is -2.35. The van der Waals surface area contributed by atoms with Crippen LogP contribution in [0, 0.1) is 17.8 Å². The zero-order valence-corrected chi connectivity index (χ0v) is 16.8. The average Bonchev–Trinajstić information content (AvgIpc) is 3.21. The Kier molecular flexibility index (Phi) is 5.42. The van der Waals surface area contributed by atoms with Gasteiger partial charge in [-0.15, -0.1) is 0 Å². The van der Waals surface area contributed by atoms with Crippen LogP contribution in [0.4, 0.5) is 14.5 Å². The van der Waals surface area contributed by atoms with Crippen LogP contribution < -0.4 is 11.1 Å². The molecular weight excluding hydrogens is 402 g/mol. The molecule has 1 aliphatic heterocycles. The van der Waals surface area contributed by atoms with Crippen molar-refractivity contribution in [3.63, 3.8) is 0 Å². The molecule has 0 bridgehead atoms. The first-order valence-electron chi connectivity index (χ1n) is 9.93. The van der Waals surface area contributed by atoms with E-state index in [2.05, 4.69) is 10.2 Å². The van der Waals surface area contributed by atoms with Gasteiger partial charge in [0, 0.05) is 62.2 Å². The van der Waals surface area contributed by atoms with E-state index in [0.29, 0.717) is 43.4 Å². The van der Waals surface area contributed by atoms with Crippen molar-refractivity contribution in [1.82, 2.24) is 15.1 Å². The minimum Gasteiger partial charge on any atom is -0.398 e. The molecular formula is C20H25ClF2N4O2. The highest BCUT2D eigenvalue weighted by atomic mass is 35.5. The molecule has 1 saturated heterocycles. The van der Waals surface area contributed by atoms with Gasteiger partial charge >= 0.3 is 0 Å². The number of anilines is 1. The number of fused-ring (bicyclic) bond motifs is 1. The number of rotatable bonds is 5. The first kappa shape index (κ1) is 20.3. The Labute approximate surface area is 173 Å². The summed E-state index contributed by atoms with van der Waals surface area (Å²) in [7, 11) is 0. The van der Waals surface area contributed by atoms with Gasteiger partial charge in [0.2, 0.25) is 17.7 Å². The zero-order chi connectivity index (χ0) is 20.8. The lowest BCUT2D eigenvalue weighted by molar-refractivity contribution is -0.135. The Morgan fingerprint density at radius 2 is 1.83 bits per heavy atom. The van der Waals surface area contributed by atoms with E-state index in [-0.39, 0.29) is 49.0 Å². The SMILES string of the molecule is Nc1ccc(Cl)cc1CN1CCN(C(=O)CNC(=O)C2[C@H]3CC(F)(F)C[C@@H]23)CC1. The molecule has 158 valence electrons. The number of hydrogen-bond donors (Lipinski definition) is 2. The second-order valence-electron chi connectivity index (χ2n) is 8.34. The van der Waals surface area contributed by atoms with Gasteiger partial charge in [0.1, 0.15) is 0 Å². The number of nitrogens with zero attached hydrogens (tertiary/aromatic N) is 2. The van der Waals surface area contributed by atoms with Gasteiger partial charge in [0.15, 0.2) is 0 Å². The molecule has 3 fully saturated rings. The van der Waals surface area contributed by atoms with Crippen LogP contribution in [-0.4, -0.2) is 60.3 Å². The van der Waals surface area contributed by atoms with E-state index in [1.54, 1.807) is 17.0 Å². The summed E-state index contributed by atoms with van der Waals surface area (Å²) in [4.78, 5) is 28.5. The van der Waals surface area contributed by atoms with Crippen molar-refractivity contribution in [1.29, 1.82) is 0 Å². The first-order chi connectivity index (χ1) is 13.7. The summed E-state index contributed by atoms with van der Waals surface area (Å²) in [6.07, 6.45) is -0.411. The fraction of sp³-hybridized carbons (Fsp3) is 0.600. The van der Waals surface area contributed by atoms with Crippen molar-refractivity contribution < 1.29 is 18.4 Å². The number of nitrogens with one attached hydrogen (secondary N) is 1. The standard InChI is InChI=1S/C20H25ClF2N4O2/c21-13-1-2-16(24)12(7-13)11-26-3-5-27(6-4-26)17(28)10-25-19(29)18-14-8-20(22,23)9-15(14)18/h1-2,7,14-15,18H,3-6,8-11,24H2,(H,25,29)/t14-,15+,18?. The molecule has 3 N–H and O–H groups in total. The maximum Gasteiger partial charge on any atom is 0.248 e. The predicted octanol–water partition coefficient (Wildman–Crippen LogP) is 1.97. The van der Waals surface area contributed by atoms with Gasteiger partial charge in [0.25, 0.3) is 0 Å². The lowest BCUT2D eigenvalue weighted by atomic mass is 10.1. The number of hydrogen-bond acceptors (Lipinski definition) is 4. The zero-order valence-electron chi connectivity index (χ0n) is 16.0. The molecule has 4 rings (SSSR count). The molecule has 3 atom stereocenters. The molecule has 3 aliphatic rings. The predicted molar refractivity (Wildman–Crippen MR) is 105 cm³/mol. The van der Waals surface area contributed by atoms with Crippen LogP contribution in [0.15, 0.2) is 18.2 Å². The number of benzene rings is 1. The van der Waals surface area contributed by atoms with Crippen molar-refractivity contribution in [2.24, 2.45) is 17.8 Å². The van der Waals surface area contributed by atoms with Crippen molar-refractivity contribution in [3.8, 4) is 0 Å². The number of nitrogens with two attached hydrogens (primary N) is 1. The van der Waals surface area contributed by atoms with Crippen LogP contribution in [0.2, 0.25) is 5.02 Å². The van der Waals surface area contributed by atoms with Crippen molar-refractivity contribution in [2.45, 2.75) is 25.3 Å². The highest BCUT2D eigenvalue weighted by Gasteiger charge is 2.65. The van der Waals surface area contributed by atoms with Crippen molar-refractivity contribution >= 4 is 29.1 Å². The summed E-state index contributed by atoms with van der Waals surface area (Å²) in [5, 5.41) is 3.28. The molecule has 1 heterocycles. The average molecular weight is 427 g/mol. The van der Waals surface area contributed by atoms with Gasteiger partial charge in [-0.3, -0.25) is 14.5 Å². The fourth-order valence-electron chi connectivity index (χ4n) is 4.66. The number of carbonyl (C=O) groups is 2. The van der Waals surface area contributed by atoms with Gasteiger partial charge in [-0.25, -0.2) is 8.78 Å². The Balaban J connectivity index is 1.19. The number of nitrogen functional groups attached to an aromatic ring is 1. The van der Waals surface area contributed by atoms with Crippen molar-refractivity contribution in [2.75, 3.05) is 38.5 Å². The van der Waals surface area contributed by atoms with Gasteiger partial charge in [-0.2, -0.15) is 0 Å². The minimum atomic E-state index is -2.63. The molecule has 0 radical (unpaired) electrons. The largest absolute Gasteiger partial charge is 0.398 e. The van der Waals surface area contributed by atoms with Crippen LogP contribution in [0.1, 0.15) is 18.4 Å². The van der Waals surface area contributed by atoms with Crippen LogP contribution in [0.3, 0.4) is 0 Å². The lowest BCUT2D eigenvalue weighted by Crippen LogP contribution is -2.51. The minimum absolute atomic E-state index is 0.0770. The molecule has 6 nitrogen and oxygen atoms in total. The maximum absolute atomic E-state index is 13.2. The maximum atomic E-state index is 13.2. The molecule has 2 saturated carbocycles. The molecule has 2 aliphatic carbocycles. The summed E-state index contributed by atoms with van der Waals surface area (Å²) >= 11 is 6.03. The van der Waals surface area contributed by atoms with E-state index >= 15 is 0 Å². The highest BCUT2D eigenvalue weighted by Crippen LogP contribution is 2.62. The summed E-state index contributed by atoms with van der Waals surface area (Å²) < 4.78 is 26.4. The molecule has 1 unspecified atom stereocenters. The van der Waals surface area contributed by atoms with E-state index in [1.165, 1.54) is 0 Å². The molecule has 9 heteroatoms. The smallest absolute Gasteiger partial charge is 0.248 e. The monoisotopic (exact) mass is 426 g/mol. The fourth-order valence-corrected chi connectivity index (χ4v) is 4.86. The van der Waals surface area contributed by atoms with E-state index in [1.807, 2.05) is 6.07 Å².